The number of sulfonamides is 1. The summed E-state index contributed by atoms with van der Waals surface area (Å²) in [6.45, 7) is 0.839. The van der Waals surface area contributed by atoms with E-state index >= 15 is 0 Å². The Morgan fingerprint density at radius 3 is 2.80 bits per heavy atom. The van der Waals surface area contributed by atoms with Crippen LogP contribution in [0.5, 0.6) is 0 Å². The highest BCUT2D eigenvalue weighted by Crippen LogP contribution is 2.26. The fraction of sp³-hybridized carbons (Fsp3) is 0.333. The van der Waals surface area contributed by atoms with Crippen molar-refractivity contribution in [1.29, 1.82) is 0 Å². The van der Waals surface area contributed by atoms with E-state index in [1.807, 2.05) is 10.8 Å². The van der Waals surface area contributed by atoms with Gasteiger partial charge in [0.2, 0.25) is 15.9 Å². The number of nitrogens with one attached hydrogen (secondary N) is 1. The number of carbonyl (C=O) groups excluding carboxylic acids is 1. The van der Waals surface area contributed by atoms with E-state index in [-0.39, 0.29) is 21.5 Å². The van der Waals surface area contributed by atoms with Crippen molar-refractivity contribution in [3.05, 3.63) is 47.0 Å². The molecule has 0 fully saturated rings. The maximum atomic E-state index is 12.5. The predicted molar refractivity (Wildman–Crippen MR) is 96.1 cm³/mol. The summed E-state index contributed by atoms with van der Waals surface area (Å²) in [6, 6.07) is 4.16. The van der Waals surface area contributed by atoms with Crippen LogP contribution in [0.1, 0.15) is 6.42 Å². The van der Waals surface area contributed by atoms with E-state index in [0.29, 0.717) is 19.5 Å². The summed E-state index contributed by atoms with van der Waals surface area (Å²) in [5.41, 5.74) is 0. The first-order chi connectivity index (χ1) is 11.8. The number of amides is 1. The molecular formula is C15H18Cl2N4O3S. The van der Waals surface area contributed by atoms with E-state index < -0.39 is 15.9 Å². The third kappa shape index (κ3) is 5.43. The van der Waals surface area contributed by atoms with Gasteiger partial charge in [0.25, 0.3) is 0 Å². The molecular weight excluding hydrogens is 387 g/mol. The Morgan fingerprint density at radius 2 is 2.12 bits per heavy atom. The molecule has 1 aromatic carbocycles. The number of halogens is 2. The zero-order chi connectivity index (χ0) is 18.4. The predicted octanol–water partition coefficient (Wildman–Crippen LogP) is 2.02. The quantitative estimate of drug-likeness (QED) is 0.681. The number of hydrogen-bond donors (Lipinski definition) is 1. The molecule has 25 heavy (non-hydrogen) atoms. The molecule has 10 heteroatoms. The van der Waals surface area contributed by atoms with Gasteiger partial charge in [0.1, 0.15) is 4.90 Å². The Morgan fingerprint density at radius 1 is 1.36 bits per heavy atom. The van der Waals surface area contributed by atoms with E-state index in [1.54, 1.807) is 12.5 Å². The summed E-state index contributed by atoms with van der Waals surface area (Å²) in [5, 5.41) is 2.99. The fourth-order valence-corrected chi connectivity index (χ4v) is 3.95. The molecule has 0 spiro atoms. The molecule has 136 valence electrons. The van der Waals surface area contributed by atoms with Crippen LogP contribution in [0.2, 0.25) is 10.0 Å². The van der Waals surface area contributed by atoms with Gasteiger partial charge < -0.3 is 9.88 Å². The lowest BCUT2D eigenvalue weighted by Gasteiger charge is -2.18. The van der Waals surface area contributed by atoms with Gasteiger partial charge in [-0.2, -0.15) is 4.31 Å². The van der Waals surface area contributed by atoms with Crippen LogP contribution in [0.3, 0.4) is 0 Å². The van der Waals surface area contributed by atoms with Crippen LogP contribution in [0.15, 0.2) is 41.8 Å². The van der Waals surface area contributed by atoms with Crippen LogP contribution in [0.4, 0.5) is 0 Å². The van der Waals surface area contributed by atoms with Crippen LogP contribution in [0, 0.1) is 0 Å². The lowest BCUT2D eigenvalue weighted by molar-refractivity contribution is -0.121. The molecule has 1 N–H and O–H groups in total. The largest absolute Gasteiger partial charge is 0.355 e. The zero-order valence-electron chi connectivity index (χ0n) is 13.5. The molecule has 1 amide bonds. The second kappa shape index (κ2) is 8.66. The first-order valence-corrected chi connectivity index (χ1v) is 9.64. The van der Waals surface area contributed by atoms with Crippen molar-refractivity contribution < 1.29 is 13.2 Å². The Hall–Kier alpha value is -1.61. The summed E-state index contributed by atoms with van der Waals surface area (Å²) in [5.74, 6) is -0.394. The van der Waals surface area contributed by atoms with Gasteiger partial charge in [-0.25, -0.2) is 13.4 Å². The lowest BCUT2D eigenvalue weighted by atomic mass is 10.4. The molecule has 1 heterocycles. The van der Waals surface area contributed by atoms with Crippen molar-refractivity contribution in [2.45, 2.75) is 17.9 Å². The number of aromatic nitrogens is 2. The maximum Gasteiger partial charge on any atom is 0.244 e. The Labute approximate surface area is 156 Å². The van der Waals surface area contributed by atoms with Gasteiger partial charge in [0.05, 0.1) is 17.9 Å². The minimum atomic E-state index is -3.91. The van der Waals surface area contributed by atoms with Crippen molar-refractivity contribution in [1.82, 2.24) is 19.2 Å². The molecule has 0 unspecified atom stereocenters. The van der Waals surface area contributed by atoms with Gasteiger partial charge in [-0.15, -0.1) is 0 Å². The monoisotopic (exact) mass is 404 g/mol. The average Bonchev–Trinajstić information content (AvgIpc) is 3.07. The molecule has 1 aromatic heterocycles. The molecule has 0 atom stereocenters. The van der Waals surface area contributed by atoms with E-state index in [0.717, 1.165) is 4.31 Å². The summed E-state index contributed by atoms with van der Waals surface area (Å²) >= 11 is 11.8. The Bertz CT molecular complexity index is 825. The molecule has 0 aliphatic heterocycles. The first kappa shape index (κ1) is 19.7. The van der Waals surface area contributed by atoms with E-state index in [2.05, 4.69) is 10.3 Å². The van der Waals surface area contributed by atoms with Crippen LogP contribution >= 0.6 is 23.2 Å². The van der Waals surface area contributed by atoms with Crippen molar-refractivity contribution >= 4 is 39.1 Å². The van der Waals surface area contributed by atoms with Crippen molar-refractivity contribution in [3.63, 3.8) is 0 Å². The fourth-order valence-electron chi connectivity index (χ4n) is 2.09. The minimum absolute atomic E-state index is 0.0528. The SMILES string of the molecule is CN(CC(=O)NCCCn1ccnc1)S(=O)(=O)c1cc(Cl)ccc1Cl. The van der Waals surface area contributed by atoms with Crippen LogP contribution in [0.25, 0.3) is 0 Å². The van der Waals surface area contributed by atoms with Crippen molar-refractivity contribution in [3.8, 4) is 0 Å². The molecule has 2 aromatic rings. The van der Waals surface area contributed by atoms with Gasteiger partial charge in [-0.1, -0.05) is 23.2 Å². The molecule has 0 saturated carbocycles. The molecule has 7 nitrogen and oxygen atoms in total. The van der Waals surface area contributed by atoms with Gasteiger partial charge in [0.15, 0.2) is 0 Å². The number of hydrogen-bond acceptors (Lipinski definition) is 4. The highest BCUT2D eigenvalue weighted by Gasteiger charge is 2.25. The van der Waals surface area contributed by atoms with Crippen LogP contribution in [-0.2, 0) is 21.4 Å². The Balaban J connectivity index is 1.88. The summed E-state index contributed by atoms with van der Waals surface area (Å²) < 4.78 is 27.9. The molecule has 0 radical (unpaired) electrons. The second-order valence-electron chi connectivity index (χ2n) is 5.34. The second-order valence-corrected chi connectivity index (χ2v) is 8.20. The highest BCUT2D eigenvalue weighted by atomic mass is 35.5. The van der Waals surface area contributed by atoms with Crippen molar-refractivity contribution in [2.24, 2.45) is 0 Å². The van der Waals surface area contributed by atoms with Gasteiger partial charge in [-0.3, -0.25) is 4.79 Å². The molecule has 0 bridgehead atoms. The molecule has 0 aliphatic rings. The van der Waals surface area contributed by atoms with Gasteiger partial charge in [0, 0.05) is 37.6 Å². The number of likely N-dealkylation sites (N-methyl/N-ethyl adjacent to an activating group) is 1. The summed E-state index contributed by atoms with van der Waals surface area (Å²) in [6.07, 6.45) is 5.91. The summed E-state index contributed by atoms with van der Waals surface area (Å²) in [4.78, 5) is 15.7. The van der Waals surface area contributed by atoms with Crippen LogP contribution < -0.4 is 5.32 Å². The first-order valence-electron chi connectivity index (χ1n) is 7.44. The number of rotatable bonds is 8. The van der Waals surface area contributed by atoms with E-state index in [1.165, 1.54) is 25.2 Å². The van der Waals surface area contributed by atoms with Crippen molar-refractivity contribution in [2.75, 3.05) is 20.1 Å². The standard InChI is InChI=1S/C15H18Cl2N4O3S/c1-20(25(23,24)14-9-12(16)3-4-13(14)17)10-15(22)19-5-2-7-21-8-6-18-11-21/h3-4,6,8-9,11H,2,5,7,10H2,1H3,(H,19,22). The smallest absolute Gasteiger partial charge is 0.244 e. The van der Waals surface area contributed by atoms with Gasteiger partial charge in [-0.05, 0) is 24.6 Å². The van der Waals surface area contributed by atoms with Crippen LogP contribution in [-0.4, -0.2) is 48.3 Å². The number of benzene rings is 1. The third-order valence-electron chi connectivity index (χ3n) is 3.42. The van der Waals surface area contributed by atoms with E-state index in [9.17, 15) is 13.2 Å². The van der Waals surface area contributed by atoms with Gasteiger partial charge >= 0.3 is 0 Å². The highest BCUT2D eigenvalue weighted by molar-refractivity contribution is 7.89. The third-order valence-corrected chi connectivity index (χ3v) is 5.94. The minimum Gasteiger partial charge on any atom is -0.355 e. The number of carbonyl (C=O) groups is 1. The maximum absolute atomic E-state index is 12.5. The summed E-state index contributed by atoms with van der Waals surface area (Å²) in [7, 11) is -2.59. The molecule has 0 saturated heterocycles. The number of nitrogens with zero attached hydrogens (tertiary/aromatic N) is 3. The number of imidazole rings is 1. The molecule has 2 rings (SSSR count). The average molecular weight is 405 g/mol. The Kier molecular flexibility index (Phi) is 6.83. The zero-order valence-corrected chi connectivity index (χ0v) is 15.9. The topological polar surface area (TPSA) is 84.3 Å². The normalized spacial score (nSPS) is 11.7. The lowest BCUT2D eigenvalue weighted by Crippen LogP contribution is -2.38. The van der Waals surface area contributed by atoms with E-state index in [4.69, 9.17) is 23.2 Å². The number of aryl methyl sites for hydroxylation is 1. The molecule has 0 aliphatic carbocycles.